The summed E-state index contributed by atoms with van der Waals surface area (Å²) in [5.41, 5.74) is 1.51. The quantitative estimate of drug-likeness (QED) is 0.452. The average molecular weight is 521 g/mol. The van der Waals surface area contributed by atoms with E-state index in [9.17, 15) is 18.0 Å². The summed E-state index contributed by atoms with van der Waals surface area (Å²) in [4.78, 5) is 14.4. The van der Waals surface area contributed by atoms with Crippen LogP contribution in [0.25, 0.3) is 10.8 Å². The van der Waals surface area contributed by atoms with Crippen molar-refractivity contribution >= 4 is 28.1 Å². The van der Waals surface area contributed by atoms with Crippen LogP contribution in [-0.2, 0) is 0 Å². The van der Waals surface area contributed by atoms with Crippen LogP contribution in [0.15, 0.2) is 52.8 Å². The Labute approximate surface area is 214 Å². The first-order valence-electron chi connectivity index (χ1n) is 12.4. The van der Waals surface area contributed by atoms with Gasteiger partial charge >= 0.3 is 0 Å². The Morgan fingerprint density at radius 2 is 1.89 bits per heavy atom. The summed E-state index contributed by atoms with van der Waals surface area (Å²) < 4.78 is 39.5. The third-order valence-electron chi connectivity index (χ3n) is 7.29. The summed E-state index contributed by atoms with van der Waals surface area (Å²) in [5.74, 6) is -3.05. The van der Waals surface area contributed by atoms with Crippen LogP contribution in [0.1, 0.15) is 56.6 Å². The second-order valence-electron chi connectivity index (χ2n) is 9.69. The second kappa shape index (κ2) is 11.2. The molecule has 5 rings (SSSR count). The molecule has 1 saturated heterocycles. The van der Waals surface area contributed by atoms with Crippen LogP contribution in [0.5, 0.6) is 0 Å². The van der Waals surface area contributed by atoms with Gasteiger partial charge in [-0.2, -0.15) is 5.10 Å². The minimum Gasteiger partial charge on any atom is -0.383 e. The molecule has 1 aliphatic carbocycles. The average Bonchev–Trinajstić information content (AvgIpc) is 2.85. The predicted octanol–water partition coefficient (Wildman–Crippen LogP) is 6.49. The third-order valence-corrected chi connectivity index (χ3v) is 7.51. The van der Waals surface area contributed by atoms with E-state index in [0.717, 1.165) is 18.7 Å². The van der Waals surface area contributed by atoms with Crippen LogP contribution in [0.2, 0.25) is 0 Å². The monoisotopic (exact) mass is 520 g/mol. The van der Waals surface area contributed by atoms with Gasteiger partial charge in [0.2, 0.25) is 5.92 Å². The summed E-state index contributed by atoms with van der Waals surface area (Å²) in [6, 6.07) is 3.02. The van der Waals surface area contributed by atoms with Crippen LogP contribution in [0, 0.1) is 5.82 Å². The van der Waals surface area contributed by atoms with Crippen LogP contribution >= 0.6 is 11.6 Å². The fourth-order valence-corrected chi connectivity index (χ4v) is 5.64. The Balaban J connectivity index is 0.000000187. The van der Waals surface area contributed by atoms with Crippen molar-refractivity contribution in [3.8, 4) is 0 Å². The number of aromatic nitrogens is 2. The van der Waals surface area contributed by atoms with E-state index in [-0.39, 0.29) is 24.1 Å². The number of nitrogens with one attached hydrogen (secondary N) is 2. The molecule has 1 aromatic carbocycles. The van der Waals surface area contributed by atoms with E-state index in [1.807, 2.05) is 0 Å². The summed E-state index contributed by atoms with van der Waals surface area (Å²) in [5, 5.41) is 11.0. The summed E-state index contributed by atoms with van der Waals surface area (Å²) in [6.07, 6.45) is 8.82. The molecule has 0 radical (unpaired) electrons. The van der Waals surface area contributed by atoms with Crippen molar-refractivity contribution in [2.45, 2.75) is 62.8 Å². The highest BCUT2D eigenvalue weighted by Gasteiger charge is 2.37. The van der Waals surface area contributed by atoms with Gasteiger partial charge in [0.25, 0.3) is 5.56 Å². The van der Waals surface area contributed by atoms with Crippen LogP contribution in [0.4, 0.5) is 18.9 Å². The molecular formula is C27H32ClF3N4O. The predicted molar refractivity (Wildman–Crippen MR) is 139 cm³/mol. The molecule has 1 unspecified atom stereocenters. The lowest BCUT2D eigenvalue weighted by molar-refractivity contribution is -0.0553. The molecule has 3 aliphatic rings. The van der Waals surface area contributed by atoms with Gasteiger partial charge in [-0.05, 0) is 56.5 Å². The number of halogens is 4. The van der Waals surface area contributed by atoms with Gasteiger partial charge in [0.1, 0.15) is 5.82 Å². The number of benzene rings is 1. The molecule has 1 atom stereocenters. The van der Waals surface area contributed by atoms with E-state index >= 15 is 0 Å². The number of allylic oxidation sites excluding steroid dienone is 3. The van der Waals surface area contributed by atoms with Gasteiger partial charge < -0.3 is 10.2 Å². The van der Waals surface area contributed by atoms with Gasteiger partial charge in [-0.15, -0.1) is 0 Å². The summed E-state index contributed by atoms with van der Waals surface area (Å²) in [7, 11) is 0. The van der Waals surface area contributed by atoms with E-state index in [1.54, 1.807) is 12.2 Å². The smallest absolute Gasteiger partial charge is 0.272 e. The molecular weight excluding hydrogens is 489 g/mol. The van der Waals surface area contributed by atoms with E-state index in [2.05, 4.69) is 33.6 Å². The fraction of sp³-hybridized carbons (Fsp3) is 0.481. The van der Waals surface area contributed by atoms with E-state index in [0.29, 0.717) is 47.2 Å². The molecule has 5 nitrogen and oxygen atoms in total. The summed E-state index contributed by atoms with van der Waals surface area (Å²) >= 11 is 6.08. The number of alkyl halides is 2. The van der Waals surface area contributed by atoms with Gasteiger partial charge in [-0.1, -0.05) is 43.3 Å². The molecule has 0 bridgehead atoms. The summed E-state index contributed by atoms with van der Waals surface area (Å²) in [6.45, 7) is 10.2. The van der Waals surface area contributed by atoms with Gasteiger partial charge in [0.15, 0.2) is 0 Å². The largest absolute Gasteiger partial charge is 0.383 e. The Morgan fingerprint density at radius 3 is 2.53 bits per heavy atom. The van der Waals surface area contributed by atoms with Crippen LogP contribution in [-0.4, -0.2) is 46.7 Å². The number of aromatic amines is 1. The van der Waals surface area contributed by atoms with Crippen LogP contribution < -0.4 is 10.9 Å². The van der Waals surface area contributed by atoms with Crippen molar-refractivity contribution in [1.82, 2.24) is 15.1 Å². The molecule has 0 spiro atoms. The fourth-order valence-electron chi connectivity index (χ4n) is 5.44. The molecule has 3 heterocycles. The molecule has 2 aliphatic heterocycles. The minimum atomic E-state index is -2.37. The molecule has 194 valence electrons. The number of hydrogen-bond acceptors (Lipinski definition) is 4. The number of anilines is 1. The molecule has 2 aromatic rings. The number of hydrogen-bond donors (Lipinski definition) is 2. The molecule has 1 aromatic heterocycles. The van der Waals surface area contributed by atoms with E-state index in [1.165, 1.54) is 31.4 Å². The molecule has 2 fully saturated rings. The van der Waals surface area contributed by atoms with Crippen molar-refractivity contribution in [3.63, 3.8) is 0 Å². The highest BCUT2D eigenvalue weighted by Crippen LogP contribution is 2.39. The van der Waals surface area contributed by atoms with Gasteiger partial charge in [-0.25, -0.2) is 18.3 Å². The highest BCUT2D eigenvalue weighted by atomic mass is 35.5. The lowest BCUT2D eigenvalue weighted by Gasteiger charge is -2.38. The number of likely N-dealkylation sites (tertiary alicyclic amines) is 1. The number of H-pyrrole nitrogens is 1. The topological polar surface area (TPSA) is 61.0 Å². The number of piperidine rings is 1. The van der Waals surface area contributed by atoms with E-state index in [4.69, 9.17) is 11.6 Å². The number of nitrogens with zero attached hydrogens (tertiary/aromatic N) is 2. The van der Waals surface area contributed by atoms with Crippen molar-refractivity contribution in [2.75, 3.05) is 25.0 Å². The maximum absolute atomic E-state index is 13.7. The standard InChI is InChI=1S/C16H13ClFN3O.C11H19F2N/c1-3-4-10(8(2)17)12-7-19-13-6-9(18)5-11-14(13)15(12)20-21-16(11)22;12-11(13)6-4-10(5-7-11)14-8-2-1-3-9-14/h3-6,12,19H,1-2,7H2,(H,21,22);10H,1-9H2/b10-4+;. The lowest BCUT2D eigenvalue weighted by atomic mass is 9.88. The zero-order valence-electron chi connectivity index (χ0n) is 20.3. The zero-order valence-corrected chi connectivity index (χ0v) is 21.0. The molecule has 9 heteroatoms. The third kappa shape index (κ3) is 5.86. The maximum atomic E-state index is 13.7. The minimum absolute atomic E-state index is 0.105. The van der Waals surface area contributed by atoms with Crippen molar-refractivity contribution in [3.05, 3.63) is 69.9 Å². The van der Waals surface area contributed by atoms with Crippen LogP contribution in [0.3, 0.4) is 0 Å². The normalized spacial score (nSPS) is 22.3. The van der Waals surface area contributed by atoms with Gasteiger partial charge in [0.05, 0.1) is 11.1 Å². The number of rotatable bonds is 4. The highest BCUT2D eigenvalue weighted by molar-refractivity contribution is 6.31. The first-order chi connectivity index (χ1) is 17.2. The van der Waals surface area contributed by atoms with Gasteiger partial charge in [-0.3, -0.25) is 4.79 Å². The van der Waals surface area contributed by atoms with E-state index < -0.39 is 17.3 Å². The Morgan fingerprint density at radius 1 is 1.19 bits per heavy atom. The zero-order chi connectivity index (χ0) is 25.9. The van der Waals surface area contributed by atoms with Gasteiger partial charge in [0, 0.05) is 47.5 Å². The Bertz CT molecular complexity index is 1210. The molecule has 1 saturated carbocycles. The molecule has 36 heavy (non-hydrogen) atoms. The SMILES string of the molecule is C=C/C=C(\C(=C)Cl)C1CNc2cc(F)cc3c(=O)[nH]nc1c23.FC1(F)CCC(N2CCCCC2)CC1. The maximum Gasteiger partial charge on any atom is 0.272 e. The first-order valence-corrected chi connectivity index (χ1v) is 12.8. The van der Waals surface area contributed by atoms with Crippen molar-refractivity contribution < 1.29 is 13.2 Å². The molecule has 2 N–H and O–H groups in total. The lowest BCUT2D eigenvalue weighted by Crippen LogP contribution is -2.43. The first kappa shape index (κ1) is 26.5. The molecule has 0 amide bonds. The van der Waals surface area contributed by atoms with Crippen molar-refractivity contribution in [1.29, 1.82) is 0 Å². The van der Waals surface area contributed by atoms with Crippen molar-refractivity contribution in [2.24, 2.45) is 0 Å². The Kier molecular flexibility index (Phi) is 8.25. The second-order valence-corrected chi connectivity index (χ2v) is 10.1. The Hall–Kier alpha value is -2.58.